The summed E-state index contributed by atoms with van der Waals surface area (Å²) in [4.78, 5) is 7.31. The van der Waals surface area contributed by atoms with Gasteiger partial charge in [-0.3, -0.25) is 0 Å². The number of ether oxygens (including phenoxy) is 1. The van der Waals surface area contributed by atoms with E-state index in [1.165, 1.54) is 0 Å². The minimum atomic E-state index is -4.35. The van der Waals surface area contributed by atoms with Crippen molar-refractivity contribution in [3.8, 4) is 0 Å². The van der Waals surface area contributed by atoms with E-state index >= 15 is 0 Å². The zero-order valence-electron chi connectivity index (χ0n) is 12.9. The molecule has 7 heteroatoms. The molecule has 0 spiro atoms. The molecule has 0 bridgehead atoms. The second-order valence-corrected chi connectivity index (χ2v) is 6.41. The van der Waals surface area contributed by atoms with Crippen LogP contribution in [0.15, 0.2) is 29.2 Å². The first kappa shape index (κ1) is 16.4. The van der Waals surface area contributed by atoms with Gasteiger partial charge in [-0.15, -0.1) is 11.8 Å². The third-order valence-electron chi connectivity index (χ3n) is 3.97. The van der Waals surface area contributed by atoms with Crippen LogP contribution < -0.4 is 4.90 Å². The lowest BCUT2D eigenvalue weighted by atomic mass is 10.1. The van der Waals surface area contributed by atoms with Crippen molar-refractivity contribution >= 4 is 28.5 Å². The van der Waals surface area contributed by atoms with Crippen LogP contribution in [0.25, 0.3) is 10.9 Å². The van der Waals surface area contributed by atoms with Gasteiger partial charge in [-0.25, -0.2) is 4.98 Å². The van der Waals surface area contributed by atoms with Crippen LogP contribution in [0.5, 0.6) is 0 Å². The van der Waals surface area contributed by atoms with E-state index in [4.69, 9.17) is 4.74 Å². The second-order valence-electron chi connectivity index (χ2n) is 5.53. The molecule has 124 valence electrons. The van der Waals surface area contributed by atoms with Crippen LogP contribution in [0.4, 0.5) is 19.0 Å². The molecular formula is C16H17F3N2OS. The van der Waals surface area contributed by atoms with Crippen LogP contribution in [0.2, 0.25) is 0 Å². The highest BCUT2D eigenvalue weighted by Crippen LogP contribution is 2.30. The molecule has 1 aromatic heterocycles. The molecule has 23 heavy (non-hydrogen) atoms. The lowest BCUT2D eigenvalue weighted by Gasteiger charge is -2.34. The summed E-state index contributed by atoms with van der Waals surface area (Å²) in [5, 5.41) is 1.02. The minimum absolute atomic E-state index is 0.0494. The van der Waals surface area contributed by atoms with Gasteiger partial charge >= 0.3 is 6.18 Å². The number of benzene rings is 1. The predicted octanol–water partition coefficient (Wildman–Crippen LogP) is 4.03. The Kier molecular flexibility index (Phi) is 4.42. The number of fused-ring (bicyclic) bond motifs is 1. The zero-order chi connectivity index (χ0) is 16.6. The molecule has 1 aromatic carbocycles. The SMILES string of the molecule is CSc1ccc2c(C)cc(N3CCOC(C(F)(F)F)C3)nc2c1. The number of rotatable bonds is 2. The van der Waals surface area contributed by atoms with Gasteiger partial charge in [0.25, 0.3) is 0 Å². The highest BCUT2D eigenvalue weighted by atomic mass is 32.2. The van der Waals surface area contributed by atoms with E-state index in [0.717, 1.165) is 21.4 Å². The molecule has 1 aliphatic rings. The number of halogens is 3. The molecule has 0 amide bonds. The normalized spacial score (nSPS) is 19.3. The number of aryl methyl sites for hydroxylation is 1. The Labute approximate surface area is 136 Å². The van der Waals surface area contributed by atoms with Crippen molar-refractivity contribution in [2.24, 2.45) is 0 Å². The molecule has 2 aromatic rings. The molecule has 1 fully saturated rings. The summed E-state index contributed by atoms with van der Waals surface area (Å²) < 4.78 is 43.5. The summed E-state index contributed by atoms with van der Waals surface area (Å²) in [6, 6.07) is 7.85. The maximum atomic E-state index is 12.9. The third-order valence-corrected chi connectivity index (χ3v) is 4.69. The quantitative estimate of drug-likeness (QED) is 0.770. The van der Waals surface area contributed by atoms with Crippen molar-refractivity contribution in [3.05, 3.63) is 29.8 Å². The third kappa shape index (κ3) is 3.40. The summed E-state index contributed by atoms with van der Waals surface area (Å²) in [5.74, 6) is 0.575. The van der Waals surface area contributed by atoms with Gasteiger partial charge in [0.2, 0.25) is 0 Å². The molecule has 0 saturated carbocycles. The highest BCUT2D eigenvalue weighted by molar-refractivity contribution is 7.98. The van der Waals surface area contributed by atoms with Gasteiger partial charge in [0.1, 0.15) is 5.82 Å². The van der Waals surface area contributed by atoms with Crippen LogP contribution in [0.3, 0.4) is 0 Å². The van der Waals surface area contributed by atoms with Gasteiger partial charge in [0.15, 0.2) is 6.10 Å². The lowest BCUT2D eigenvalue weighted by Crippen LogP contribution is -2.49. The van der Waals surface area contributed by atoms with E-state index in [1.807, 2.05) is 37.4 Å². The van der Waals surface area contributed by atoms with Crippen molar-refractivity contribution < 1.29 is 17.9 Å². The van der Waals surface area contributed by atoms with Crippen molar-refractivity contribution in [1.29, 1.82) is 0 Å². The molecule has 3 nitrogen and oxygen atoms in total. The van der Waals surface area contributed by atoms with Crippen LogP contribution >= 0.6 is 11.8 Å². The number of thioether (sulfide) groups is 1. The summed E-state index contributed by atoms with van der Waals surface area (Å²) in [6.45, 7) is 2.19. The van der Waals surface area contributed by atoms with Gasteiger partial charge in [-0.2, -0.15) is 13.2 Å². The Morgan fingerprint density at radius 3 is 2.78 bits per heavy atom. The van der Waals surface area contributed by atoms with E-state index in [9.17, 15) is 13.2 Å². The maximum Gasteiger partial charge on any atom is 0.416 e. The topological polar surface area (TPSA) is 25.4 Å². The first-order valence-electron chi connectivity index (χ1n) is 7.27. The molecule has 0 radical (unpaired) electrons. The number of alkyl halides is 3. The molecule has 0 N–H and O–H groups in total. The Balaban J connectivity index is 1.96. The smallest absolute Gasteiger partial charge is 0.365 e. The van der Waals surface area contributed by atoms with Gasteiger partial charge < -0.3 is 9.64 Å². The van der Waals surface area contributed by atoms with Crippen LogP contribution in [0, 0.1) is 6.92 Å². The van der Waals surface area contributed by atoms with Crippen molar-refractivity contribution in [2.45, 2.75) is 24.1 Å². The second kappa shape index (κ2) is 6.20. The summed E-state index contributed by atoms with van der Waals surface area (Å²) in [6.07, 6.45) is -4.13. The number of hydrogen-bond donors (Lipinski definition) is 0. The summed E-state index contributed by atoms with van der Waals surface area (Å²) in [5.41, 5.74) is 1.81. The van der Waals surface area contributed by atoms with Crippen molar-refractivity contribution in [1.82, 2.24) is 4.98 Å². The summed E-state index contributed by atoms with van der Waals surface area (Å²) in [7, 11) is 0. The zero-order valence-corrected chi connectivity index (χ0v) is 13.7. The van der Waals surface area contributed by atoms with E-state index in [-0.39, 0.29) is 13.2 Å². The van der Waals surface area contributed by atoms with E-state index < -0.39 is 12.3 Å². The fourth-order valence-electron chi connectivity index (χ4n) is 2.71. The van der Waals surface area contributed by atoms with Crippen LogP contribution in [-0.4, -0.2) is 43.2 Å². The number of aromatic nitrogens is 1. The minimum Gasteiger partial charge on any atom is -0.365 e. The molecular weight excluding hydrogens is 325 g/mol. The molecule has 2 heterocycles. The fourth-order valence-corrected chi connectivity index (χ4v) is 3.14. The van der Waals surface area contributed by atoms with Crippen molar-refractivity contribution in [3.63, 3.8) is 0 Å². The van der Waals surface area contributed by atoms with Crippen LogP contribution in [0.1, 0.15) is 5.56 Å². The lowest BCUT2D eigenvalue weighted by molar-refractivity contribution is -0.221. The molecule has 1 unspecified atom stereocenters. The standard InChI is InChI=1S/C16H17F3N2OS/c1-10-7-15(20-13-8-11(23-2)3-4-12(10)13)21-5-6-22-14(9-21)16(17,18)19/h3-4,7-8,14H,5-6,9H2,1-2H3. The molecule has 0 aliphatic carbocycles. The first-order valence-corrected chi connectivity index (χ1v) is 8.49. The molecule has 3 rings (SSSR count). The number of pyridine rings is 1. The van der Waals surface area contributed by atoms with Gasteiger partial charge in [-0.05, 0) is 36.9 Å². The maximum absolute atomic E-state index is 12.9. The summed E-state index contributed by atoms with van der Waals surface area (Å²) >= 11 is 1.61. The molecule has 1 saturated heterocycles. The Morgan fingerprint density at radius 2 is 2.09 bits per heavy atom. The Hall–Kier alpha value is -1.47. The predicted molar refractivity (Wildman–Crippen MR) is 86.3 cm³/mol. The highest BCUT2D eigenvalue weighted by Gasteiger charge is 2.43. The Bertz CT molecular complexity index is 720. The average Bonchev–Trinajstić information content (AvgIpc) is 2.53. The van der Waals surface area contributed by atoms with Gasteiger partial charge in [0.05, 0.1) is 18.7 Å². The number of anilines is 1. The monoisotopic (exact) mass is 342 g/mol. The van der Waals surface area contributed by atoms with E-state index in [0.29, 0.717) is 12.4 Å². The fraction of sp³-hybridized carbons (Fsp3) is 0.438. The largest absolute Gasteiger partial charge is 0.416 e. The van der Waals surface area contributed by atoms with E-state index in [2.05, 4.69) is 4.98 Å². The number of nitrogens with zero attached hydrogens (tertiary/aromatic N) is 2. The first-order chi connectivity index (χ1) is 10.9. The number of morpholine rings is 1. The van der Waals surface area contributed by atoms with Gasteiger partial charge in [-0.1, -0.05) is 6.07 Å². The van der Waals surface area contributed by atoms with Gasteiger partial charge in [0, 0.05) is 16.8 Å². The van der Waals surface area contributed by atoms with Crippen LogP contribution in [-0.2, 0) is 4.74 Å². The number of hydrogen-bond acceptors (Lipinski definition) is 4. The molecule has 1 atom stereocenters. The van der Waals surface area contributed by atoms with E-state index in [1.54, 1.807) is 16.7 Å². The van der Waals surface area contributed by atoms with Crippen molar-refractivity contribution in [2.75, 3.05) is 30.9 Å². The molecule has 1 aliphatic heterocycles. The Morgan fingerprint density at radius 1 is 1.30 bits per heavy atom. The average molecular weight is 342 g/mol.